The fraction of sp³-hybridized carbons (Fsp3) is 0.333. The van der Waals surface area contributed by atoms with Crippen molar-refractivity contribution in [1.29, 1.82) is 0 Å². The summed E-state index contributed by atoms with van der Waals surface area (Å²) in [5.41, 5.74) is -0.824. The standard InChI is InChI=1S/C12H11Cl2N3O4/c1-12(2,3)10-15-16(11(18)21-10)8-5-9(17(19)20)7(14)4-6(8)13/h4-5H,1-3H3. The minimum atomic E-state index is -0.779. The van der Waals surface area contributed by atoms with Crippen LogP contribution in [0, 0.1) is 10.1 Å². The van der Waals surface area contributed by atoms with Crippen LogP contribution in [-0.2, 0) is 5.41 Å². The molecule has 0 N–H and O–H groups in total. The summed E-state index contributed by atoms with van der Waals surface area (Å²) < 4.78 is 5.94. The number of aromatic nitrogens is 2. The quantitative estimate of drug-likeness (QED) is 0.621. The third-order valence-electron chi connectivity index (χ3n) is 2.63. The number of hydrogen-bond donors (Lipinski definition) is 0. The van der Waals surface area contributed by atoms with Crippen LogP contribution in [0.25, 0.3) is 5.69 Å². The molecule has 0 atom stereocenters. The number of halogens is 2. The molecular formula is C12H11Cl2N3O4. The van der Waals surface area contributed by atoms with Gasteiger partial charge >= 0.3 is 5.76 Å². The molecule has 0 aliphatic heterocycles. The summed E-state index contributed by atoms with van der Waals surface area (Å²) in [4.78, 5) is 22.1. The first-order valence-electron chi connectivity index (χ1n) is 5.85. The molecule has 21 heavy (non-hydrogen) atoms. The van der Waals surface area contributed by atoms with E-state index < -0.39 is 16.1 Å². The van der Waals surface area contributed by atoms with E-state index in [9.17, 15) is 14.9 Å². The molecule has 0 aliphatic rings. The summed E-state index contributed by atoms with van der Waals surface area (Å²) in [6, 6.07) is 2.27. The molecular weight excluding hydrogens is 321 g/mol. The van der Waals surface area contributed by atoms with E-state index in [-0.39, 0.29) is 27.3 Å². The summed E-state index contributed by atoms with van der Waals surface area (Å²) in [6.07, 6.45) is 0. The van der Waals surface area contributed by atoms with Gasteiger partial charge < -0.3 is 4.42 Å². The van der Waals surface area contributed by atoms with Gasteiger partial charge in [-0.05, 0) is 6.07 Å². The Hall–Kier alpha value is -1.86. The van der Waals surface area contributed by atoms with Crippen molar-refractivity contribution in [2.24, 2.45) is 0 Å². The summed E-state index contributed by atoms with van der Waals surface area (Å²) in [7, 11) is 0. The summed E-state index contributed by atoms with van der Waals surface area (Å²) >= 11 is 11.7. The number of benzene rings is 1. The van der Waals surface area contributed by atoms with Crippen LogP contribution >= 0.6 is 23.2 Å². The molecule has 112 valence electrons. The smallest absolute Gasteiger partial charge is 0.391 e. The van der Waals surface area contributed by atoms with Crippen LogP contribution in [0.1, 0.15) is 26.7 Å². The molecule has 0 amide bonds. The van der Waals surface area contributed by atoms with E-state index in [4.69, 9.17) is 27.6 Å². The Kier molecular flexibility index (Phi) is 3.81. The van der Waals surface area contributed by atoms with Gasteiger partial charge in [-0.15, -0.1) is 5.10 Å². The number of rotatable bonds is 2. The maximum absolute atomic E-state index is 11.9. The Morgan fingerprint density at radius 2 is 1.90 bits per heavy atom. The van der Waals surface area contributed by atoms with Crippen molar-refractivity contribution in [3.63, 3.8) is 0 Å². The van der Waals surface area contributed by atoms with Gasteiger partial charge in [-0.3, -0.25) is 10.1 Å². The van der Waals surface area contributed by atoms with E-state index in [0.717, 1.165) is 10.7 Å². The van der Waals surface area contributed by atoms with Crippen LogP contribution in [0.3, 0.4) is 0 Å². The lowest BCUT2D eigenvalue weighted by Gasteiger charge is -2.11. The molecule has 1 aromatic heterocycles. The van der Waals surface area contributed by atoms with E-state index in [1.807, 2.05) is 20.8 Å². The number of nitro benzene ring substituents is 1. The molecule has 2 aromatic rings. The Balaban J connectivity index is 2.68. The van der Waals surface area contributed by atoms with Crippen molar-refractivity contribution in [2.45, 2.75) is 26.2 Å². The highest BCUT2D eigenvalue weighted by molar-refractivity contribution is 6.37. The molecule has 0 fully saturated rings. The van der Waals surface area contributed by atoms with Crippen molar-refractivity contribution in [3.05, 3.63) is 48.7 Å². The molecule has 0 bridgehead atoms. The van der Waals surface area contributed by atoms with E-state index in [2.05, 4.69) is 5.10 Å². The van der Waals surface area contributed by atoms with Crippen LogP contribution in [-0.4, -0.2) is 14.7 Å². The second-order valence-electron chi connectivity index (χ2n) is 5.35. The maximum Gasteiger partial charge on any atom is 0.442 e. The van der Waals surface area contributed by atoms with Crippen molar-refractivity contribution < 1.29 is 9.34 Å². The molecule has 7 nitrogen and oxygen atoms in total. The van der Waals surface area contributed by atoms with Crippen molar-refractivity contribution in [1.82, 2.24) is 9.78 Å². The number of hydrogen-bond acceptors (Lipinski definition) is 5. The van der Waals surface area contributed by atoms with Gasteiger partial charge in [-0.25, -0.2) is 4.79 Å². The van der Waals surface area contributed by atoms with E-state index >= 15 is 0 Å². The normalized spacial score (nSPS) is 11.7. The fourth-order valence-electron chi connectivity index (χ4n) is 1.56. The first-order valence-corrected chi connectivity index (χ1v) is 6.61. The molecule has 0 radical (unpaired) electrons. The Morgan fingerprint density at radius 3 is 2.38 bits per heavy atom. The molecule has 0 saturated carbocycles. The zero-order chi connectivity index (χ0) is 15.9. The average molecular weight is 332 g/mol. The van der Waals surface area contributed by atoms with Crippen LogP contribution in [0.4, 0.5) is 5.69 Å². The fourth-order valence-corrected chi connectivity index (χ4v) is 2.09. The van der Waals surface area contributed by atoms with Crippen molar-refractivity contribution in [3.8, 4) is 5.69 Å². The SMILES string of the molecule is CC(C)(C)c1nn(-c2cc([N+](=O)[O-])c(Cl)cc2Cl)c(=O)o1. The average Bonchev–Trinajstić information content (AvgIpc) is 2.70. The molecule has 0 saturated heterocycles. The Labute approximate surface area is 129 Å². The first kappa shape index (κ1) is 15.5. The highest BCUT2D eigenvalue weighted by Crippen LogP contribution is 2.32. The van der Waals surface area contributed by atoms with E-state index in [1.54, 1.807) is 0 Å². The second-order valence-corrected chi connectivity index (χ2v) is 6.16. The Morgan fingerprint density at radius 1 is 1.29 bits per heavy atom. The highest BCUT2D eigenvalue weighted by Gasteiger charge is 2.25. The molecule has 0 spiro atoms. The minimum Gasteiger partial charge on any atom is -0.391 e. The molecule has 0 aliphatic carbocycles. The lowest BCUT2D eigenvalue weighted by atomic mass is 9.97. The van der Waals surface area contributed by atoms with Gasteiger partial charge in [0, 0.05) is 11.5 Å². The molecule has 1 heterocycles. The first-order chi connectivity index (χ1) is 9.61. The van der Waals surface area contributed by atoms with Crippen LogP contribution < -0.4 is 5.76 Å². The predicted octanol–water partition coefficient (Wildman–Crippen LogP) is 3.34. The van der Waals surface area contributed by atoms with Gasteiger partial charge in [0.25, 0.3) is 5.69 Å². The van der Waals surface area contributed by atoms with Gasteiger partial charge in [0.05, 0.1) is 15.6 Å². The van der Waals surface area contributed by atoms with E-state index in [1.165, 1.54) is 6.07 Å². The maximum atomic E-state index is 11.9. The van der Waals surface area contributed by atoms with Crippen LogP contribution in [0.2, 0.25) is 10.0 Å². The lowest BCUT2D eigenvalue weighted by molar-refractivity contribution is -0.384. The van der Waals surface area contributed by atoms with Crippen molar-refractivity contribution in [2.75, 3.05) is 0 Å². The molecule has 2 rings (SSSR count). The third kappa shape index (κ3) is 2.93. The topological polar surface area (TPSA) is 91.2 Å². The van der Waals surface area contributed by atoms with Gasteiger partial charge in [-0.1, -0.05) is 44.0 Å². The summed E-state index contributed by atoms with van der Waals surface area (Å²) in [5.74, 6) is -0.584. The van der Waals surface area contributed by atoms with Gasteiger partial charge in [0.2, 0.25) is 5.89 Å². The van der Waals surface area contributed by atoms with Gasteiger partial charge in [0.15, 0.2) is 0 Å². The molecule has 0 unspecified atom stereocenters. The van der Waals surface area contributed by atoms with Gasteiger partial charge in [0.1, 0.15) is 5.02 Å². The minimum absolute atomic E-state index is 0.0389. The highest BCUT2D eigenvalue weighted by atomic mass is 35.5. The predicted molar refractivity (Wildman–Crippen MR) is 77.5 cm³/mol. The largest absolute Gasteiger partial charge is 0.442 e. The van der Waals surface area contributed by atoms with Crippen molar-refractivity contribution >= 4 is 28.9 Å². The van der Waals surface area contributed by atoms with E-state index in [0.29, 0.717) is 0 Å². The van der Waals surface area contributed by atoms with Crippen LogP contribution in [0.15, 0.2) is 21.3 Å². The lowest BCUT2D eigenvalue weighted by Crippen LogP contribution is -2.15. The second kappa shape index (κ2) is 5.16. The third-order valence-corrected chi connectivity index (χ3v) is 3.24. The summed E-state index contributed by atoms with van der Waals surface area (Å²) in [6.45, 7) is 5.44. The van der Waals surface area contributed by atoms with Gasteiger partial charge in [-0.2, -0.15) is 4.68 Å². The number of nitrogens with zero attached hydrogens (tertiary/aromatic N) is 3. The zero-order valence-corrected chi connectivity index (χ0v) is 12.9. The van der Waals surface area contributed by atoms with Crippen LogP contribution in [0.5, 0.6) is 0 Å². The molecule has 1 aromatic carbocycles. The molecule has 9 heteroatoms. The number of nitro groups is 1. The Bertz CT molecular complexity index is 774. The monoisotopic (exact) mass is 331 g/mol. The summed E-state index contributed by atoms with van der Waals surface area (Å²) in [5, 5.41) is 14.9. The zero-order valence-electron chi connectivity index (χ0n) is 11.4.